The monoisotopic (exact) mass is 436 g/mol. The van der Waals surface area contributed by atoms with Gasteiger partial charge in [0.05, 0.1) is 12.4 Å². The van der Waals surface area contributed by atoms with Gasteiger partial charge in [0, 0.05) is 5.75 Å². The van der Waals surface area contributed by atoms with Crippen molar-refractivity contribution in [1.82, 2.24) is 0 Å². The number of esters is 1. The Morgan fingerprint density at radius 1 is 1.00 bits per heavy atom. The maximum atomic E-state index is 12.3. The number of carbonyl (C=O) groups excluding carboxylic acids is 1. The van der Waals surface area contributed by atoms with E-state index in [4.69, 9.17) is 9.47 Å². The zero-order valence-electron chi connectivity index (χ0n) is 18.3. The highest BCUT2D eigenvalue weighted by Gasteiger charge is 2.15. The second-order valence-electron chi connectivity index (χ2n) is 8.51. The molecule has 0 aromatic heterocycles. The lowest BCUT2D eigenvalue weighted by Crippen LogP contribution is -2.21. The van der Waals surface area contributed by atoms with Crippen molar-refractivity contribution in [1.29, 1.82) is 0 Å². The number of thioether (sulfide) groups is 1. The molecular formula is C27H32O3S. The van der Waals surface area contributed by atoms with E-state index in [1.54, 1.807) is 11.8 Å². The van der Waals surface area contributed by atoms with Crippen LogP contribution in [0, 0.1) is 5.92 Å². The Kier molecular flexibility index (Phi) is 7.87. The summed E-state index contributed by atoms with van der Waals surface area (Å²) in [7, 11) is 0. The molecule has 0 aliphatic heterocycles. The third kappa shape index (κ3) is 6.02. The number of fused-ring (bicyclic) bond motifs is 2. The molecule has 0 N–H and O–H groups in total. The van der Waals surface area contributed by atoms with Crippen LogP contribution < -0.4 is 0 Å². The number of hydrogen-bond donors (Lipinski definition) is 0. The lowest BCUT2D eigenvalue weighted by molar-refractivity contribution is -0.172. The molecule has 1 atom stereocenters. The SMILES string of the molecule is CC(OCCC1CCCCC1)OC(=O)CSCc1c2ccccc2cc2ccccc12. The van der Waals surface area contributed by atoms with Crippen LogP contribution in [-0.4, -0.2) is 24.6 Å². The second kappa shape index (κ2) is 11.0. The van der Waals surface area contributed by atoms with Gasteiger partial charge < -0.3 is 9.47 Å². The number of carbonyl (C=O) groups is 1. The molecule has 0 radical (unpaired) electrons. The van der Waals surface area contributed by atoms with E-state index in [0.29, 0.717) is 12.4 Å². The van der Waals surface area contributed by atoms with Gasteiger partial charge in [0.15, 0.2) is 6.29 Å². The molecule has 1 aliphatic carbocycles. The van der Waals surface area contributed by atoms with Gasteiger partial charge in [-0.15, -0.1) is 11.8 Å². The van der Waals surface area contributed by atoms with E-state index in [1.807, 2.05) is 6.92 Å². The second-order valence-corrected chi connectivity index (χ2v) is 9.50. The van der Waals surface area contributed by atoms with Crippen LogP contribution in [0.1, 0.15) is 51.0 Å². The maximum absolute atomic E-state index is 12.3. The Morgan fingerprint density at radius 3 is 2.32 bits per heavy atom. The first kappa shape index (κ1) is 22.2. The molecule has 0 spiro atoms. The molecule has 4 heteroatoms. The minimum Gasteiger partial charge on any atom is -0.435 e. The third-order valence-corrected chi connectivity index (χ3v) is 7.18. The summed E-state index contributed by atoms with van der Waals surface area (Å²) in [6, 6.07) is 19.2. The van der Waals surface area contributed by atoms with E-state index in [0.717, 1.165) is 18.1 Å². The molecule has 31 heavy (non-hydrogen) atoms. The molecule has 0 saturated heterocycles. The number of hydrogen-bond acceptors (Lipinski definition) is 4. The van der Waals surface area contributed by atoms with Crippen molar-refractivity contribution in [3.63, 3.8) is 0 Å². The molecule has 0 bridgehead atoms. The summed E-state index contributed by atoms with van der Waals surface area (Å²) >= 11 is 1.60. The Morgan fingerprint density at radius 2 is 1.65 bits per heavy atom. The quantitative estimate of drug-likeness (QED) is 0.203. The predicted octanol–water partition coefficient (Wildman–Crippen LogP) is 7.10. The first-order valence-electron chi connectivity index (χ1n) is 11.5. The van der Waals surface area contributed by atoms with Crippen molar-refractivity contribution >= 4 is 39.3 Å². The maximum Gasteiger partial charge on any atom is 0.318 e. The van der Waals surface area contributed by atoms with Crippen molar-refractivity contribution in [2.45, 2.75) is 57.5 Å². The van der Waals surface area contributed by atoms with Crippen LogP contribution in [0.25, 0.3) is 21.5 Å². The van der Waals surface area contributed by atoms with Crippen LogP contribution in [0.3, 0.4) is 0 Å². The number of ether oxygens (including phenoxy) is 2. The van der Waals surface area contributed by atoms with Crippen molar-refractivity contribution in [3.05, 3.63) is 60.2 Å². The van der Waals surface area contributed by atoms with Crippen LogP contribution in [0.4, 0.5) is 0 Å². The smallest absolute Gasteiger partial charge is 0.318 e. The first-order valence-corrected chi connectivity index (χ1v) is 12.6. The molecule has 3 aromatic carbocycles. The zero-order chi connectivity index (χ0) is 21.5. The molecule has 0 amide bonds. The Balaban J connectivity index is 1.27. The highest BCUT2D eigenvalue weighted by atomic mass is 32.2. The van der Waals surface area contributed by atoms with Gasteiger partial charge in [-0.1, -0.05) is 80.6 Å². The molecule has 1 aliphatic rings. The zero-order valence-corrected chi connectivity index (χ0v) is 19.2. The van der Waals surface area contributed by atoms with Crippen molar-refractivity contribution in [3.8, 4) is 0 Å². The largest absolute Gasteiger partial charge is 0.435 e. The van der Waals surface area contributed by atoms with Crippen molar-refractivity contribution in [2.24, 2.45) is 5.92 Å². The van der Waals surface area contributed by atoms with Gasteiger partial charge in [0.1, 0.15) is 0 Å². The third-order valence-electron chi connectivity index (χ3n) is 6.25. The van der Waals surface area contributed by atoms with Gasteiger partial charge in [-0.25, -0.2) is 0 Å². The topological polar surface area (TPSA) is 35.5 Å². The van der Waals surface area contributed by atoms with Crippen LogP contribution in [-0.2, 0) is 20.0 Å². The summed E-state index contributed by atoms with van der Waals surface area (Å²) in [6.07, 6.45) is 7.29. The molecule has 3 nitrogen and oxygen atoms in total. The average molecular weight is 437 g/mol. The van der Waals surface area contributed by atoms with Crippen molar-refractivity contribution < 1.29 is 14.3 Å². The van der Waals surface area contributed by atoms with Gasteiger partial charge in [0.2, 0.25) is 0 Å². The van der Waals surface area contributed by atoms with E-state index in [9.17, 15) is 4.79 Å². The lowest BCUT2D eigenvalue weighted by Gasteiger charge is -2.22. The molecular weight excluding hydrogens is 404 g/mol. The molecule has 1 unspecified atom stereocenters. The van der Waals surface area contributed by atoms with Crippen LogP contribution in [0.5, 0.6) is 0 Å². The fraction of sp³-hybridized carbons (Fsp3) is 0.444. The average Bonchev–Trinajstić information content (AvgIpc) is 2.79. The molecule has 1 fully saturated rings. The number of rotatable bonds is 9. The van der Waals surface area contributed by atoms with Crippen LogP contribution in [0.2, 0.25) is 0 Å². The van der Waals surface area contributed by atoms with Gasteiger partial charge in [-0.3, -0.25) is 4.79 Å². The van der Waals surface area contributed by atoms with Gasteiger partial charge in [-0.05, 0) is 52.4 Å². The molecule has 4 rings (SSSR count). The standard InChI is InChI=1S/C27H32O3S/c1-20(29-16-15-21-9-3-2-4-10-21)30-27(28)19-31-18-26-24-13-7-5-11-22(24)17-23-12-6-8-14-25(23)26/h5-8,11-14,17,20-21H,2-4,9-10,15-16,18-19H2,1H3. The van der Waals surface area contributed by atoms with Gasteiger partial charge >= 0.3 is 5.97 Å². The summed E-state index contributed by atoms with van der Waals surface area (Å²) in [5.74, 6) is 1.67. The highest BCUT2D eigenvalue weighted by molar-refractivity contribution is 7.99. The summed E-state index contributed by atoms with van der Waals surface area (Å²) in [5, 5.41) is 4.97. The van der Waals surface area contributed by atoms with E-state index in [1.165, 1.54) is 59.2 Å². The Labute approximate surface area is 189 Å². The van der Waals surface area contributed by atoms with E-state index < -0.39 is 6.29 Å². The van der Waals surface area contributed by atoms with Crippen molar-refractivity contribution in [2.75, 3.05) is 12.4 Å². The molecule has 1 saturated carbocycles. The predicted molar refractivity (Wildman–Crippen MR) is 130 cm³/mol. The van der Waals surface area contributed by atoms with E-state index >= 15 is 0 Å². The van der Waals surface area contributed by atoms with E-state index in [2.05, 4.69) is 54.6 Å². The summed E-state index contributed by atoms with van der Waals surface area (Å²) in [5.41, 5.74) is 1.28. The van der Waals surface area contributed by atoms with E-state index in [-0.39, 0.29) is 5.97 Å². The fourth-order valence-corrected chi connectivity index (χ4v) is 5.48. The minimum atomic E-state index is -0.477. The summed E-state index contributed by atoms with van der Waals surface area (Å²) in [4.78, 5) is 12.3. The van der Waals surface area contributed by atoms with Crippen LogP contribution >= 0.6 is 11.8 Å². The van der Waals surface area contributed by atoms with Gasteiger partial charge in [0.25, 0.3) is 0 Å². The summed E-state index contributed by atoms with van der Waals surface area (Å²) in [6.45, 7) is 2.50. The normalized spacial score (nSPS) is 15.9. The summed E-state index contributed by atoms with van der Waals surface area (Å²) < 4.78 is 11.2. The highest BCUT2D eigenvalue weighted by Crippen LogP contribution is 2.31. The minimum absolute atomic E-state index is 0.209. The molecule has 0 heterocycles. The molecule has 164 valence electrons. The lowest BCUT2D eigenvalue weighted by atomic mass is 9.87. The Bertz CT molecular complexity index is 956. The molecule has 3 aromatic rings. The fourth-order valence-electron chi connectivity index (χ4n) is 4.63. The van der Waals surface area contributed by atoms with Crippen LogP contribution in [0.15, 0.2) is 54.6 Å². The van der Waals surface area contributed by atoms with Gasteiger partial charge in [-0.2, -0.15) is 0 Å². The Hall–Kier alpha value is -2.04. The number of benzene rings is 3. The first-order chi connectivity index (χ1) is 15.2.